The number of rotatable bonds is 15. The van der Waals surface area contributed by atoms with E-state index in [9.17, 15) is 24.9 Å². The van der Waals surface area contributed by atoms with E-state index < -0.39 is 55.2 Å². The average molecular weight is 535 g/mol. The van der Waals surface area contributed by atoms with E-state index >= 15 is 0 Å². The Kier molecular flexibility index (Phi) is 13.7. The first-order valence-corrected chi connectivity index (χ1v) is 13.5. The number of carbonyl (C=O) groups is 2. The topological polar surface area (TPSA) is 161 Å². The quantitative estimate of drug-likeness (QED) is 0.180. The highest BCUT2D eigenvalue weighted by molar-refractivity contribution is 5.69. The zero-order valence-electron chi connectivity index (χ0n) is 22.5. The third-order valence-corrected chi connectivity index (χ3v) is 6.86. The van der Waals surface area contributed by atoms with Crippen LogP contribution in [-0.2, 0) is 33.3 Å². The second-order valence-corrected chi connectivity index (χ2v) is 10.4. The summed E-state index contributed by atoms with van der Waals surface area (Å²) in [5.41, 5.74) is 0. The second-order valence-electron chi connectivity index (χ2n) is 10.4. The number of carboxylic acid groups (broad SMARTS) is 1. The first kappa shape index (κ1) is 31.9. The molecule has 0 aromatic heterocycles. The zero-order chi connectivity index (χ0) is 27.5. The van der Waals surface area contributed by atoms with Crippen LogP contribution in [-0.4, -0.2) is 93.8 Å². The van der Waals surface area contributed by atoms with Gasteiger partial charge in [0.2, 0.25) is 0 Å². The Bertz CT molecular complexity index is 689. The van der Waals surface area contributed by atoms with Crippen molar-refractivity contribution < 1.29 is 53.7 Å². The number of aliphatic hydroxyl groups excluding tert-OH is 3. The Labute approximate surface area is 219 Å². The molecule has 0 saturated carbocycles. The van der Waals surface area contributed by atoms with Gasteiger partial charge in [0, 0.05) is 25.7 Å². The van der Waals surface area contributed by atoms with Crippen LogP contribution in [0.5, 0.6) is 0 Å². The van der Waals surface area contributed by atoms with Gasteiger partial charge in [0.25, 0.3) is 0 Å². The molecule has 216 valence electrons. The molecule has 0 amide bonds. The van der Waals surface area contributed by atoms with Crippen molar-refractivity contribution in [3.8, 4) is 0 Å². The molecule has 2 aliphatic rings. The Hall–Kier alpha value is -1.34. The molecular formula is C26H46O11. The highest BCUT2D eigenvalue weighted by atomic mass is 16.7. The van der Waals surface area contributed by atoms with E-state index in [1.807, 2.05) is 13.8 Å². The molecule has 2 fully saturated rings. The molecule has 11 nitrogen and oxygen atoms in total. The largest absolute Gasteiger partial charge is 0.481 e. The van der Waals surface area contributed by atoms with Crippen molar-refractivity contribution in [1.29, 1.82) is 0 Å². The van der Waals surface area contributed by atoms with E-state index in [1.54, 1.807) is 13.8 Å². The van der Waals surface area contributed by atoms with Gasteiger partial charge in [-0.1, -0.05) is 12.8 Å². The van der Waals surface area contributed by atoms with Crippen molar-refractivity contribution in [2.45, 2.75) is 153 Å². The molecule has 2 rings (SSSR count). The number of carboxylic acids is 1. The van der Waals surface area contributed by atoms with E-state index in [1.165, 1.54) is 0 Å². The summed E-state index contributed by atoms with van der Waals surface area (Å²) in [6.45, 7) is 7.25. The van der Waals surface area contributed by atoms with E-state index in [-0.39, 0.29) is 43.9 Å². The third-order valence-electron chi connectivity index (χ3n) is 6.86. The van der Waals surface area contributed by atoms with Crippen LogP contribution in [0.2, 0.25) is 0 Å². The van der Waals surface area contributed by atoms with E-state index in [0.717, 1.165) is 6.42 Å². The summed E-state index contributed by atoms with van der Waals surface area (Å²) >= 11 is 0. The van der Waals surface area contributed by atoms with Crippen LogP contribution in [0.1, 0.15) is 91.9 Å². The molecular weight excluding hydrogens is 488 g/mol. The summed E-state index contributed by atoms with van der Waals surface area (Å²) < 4.78 is 28.4. The minimum atomic E-state index is -0.936. The number of hydrogen-bond donors (Lipinski definition) is 4. The number of esters is 1. The van der Waals surface area contributed by atoms with E-state index in [2.05, 4.69) is 0 Å². The molecule has 10 atom stereocenters. The van der Waals surface area contributed by atoms with Gasteiger partial charge in [-0.25, -0.2) is 0 Å². The number of aliphatic hydroxyl groups is 3. The van der Waals surface area contributed by atoms with Crippen LogP contribution in [0, 0.1) is 0 Å². The van der Waals surface area contributed by atoms with Crippen LogP contribution in [0.25, 0.3) is 0 Å². The predicted octanol–water partition coefficient (Wildman–Crippen LogP) is 2.27. The van der Waals surface area contributed by atoms with Crippen LogP contribution < -0.4 is 0 Å². The van der Waals surface area contributed by atoms with Crippen molar-refractivity contribution in [3.05, 3.63) is 0 Å². The summed E-state index contributed by atoms with van der Waals surface area (Å²) in [5, 5.41) is 38.9. The first-order valence-electron chi connectivity index (χ1n) is 13.5. The summed E-state index contributed by atoms with van der Waals surface area (Å²) in [6, 6.07) is 0. The molecule has 0 bridgehead atoms. The van der Waals surface area contributed by atoms with Gasteiger partial charge in [0.05, 0.1) is 30.5 Å². The molecule has 37 heavy (non-hydrogen) atoms. The maximum absolute atomic E-state index is 12.3. The molecule has 0 aliphatic carbocycles. The van der Waals surface area contributed by atoms with Gasteiger partial charge in [-0.3, -0.25) is 9.59 Å². The average Bonchev–Trinajstić information content (AvgIpc) is 2.81. The Morgan fingerprint density at radius 2 is 1.30 bits per heavy atom. The summed E-state index contributed by atoms with van der Waals surface area (Å²) in [4.78, 5) is 22.9. The molecule has 0 aromatic carbocycles. The minimum Gasteiger partial charge on any atom is -0.481 e. The van der Waals surface area contributed by atoms with Crippen molar-refractivity contribution in [2.24, 2.45) is 0 Å². The summed E-state index contributed by atoms with van der Waals surface area (Å²) in [7, 11) is 0. The fourth-order valence-corrected chi connectivity index (χ4v) is 4.49. The third kappa shape index (κ3) is 11.5. The normalized spacial score (nSPS) is 34.0. The molecule has 2 saturated heterocycles. The van der Waals surface area contributed by atoms with Gasteiger partial charge in [0.15, 0.2) is 12.6 Å². The van der Waals surface area contributed by atoms with E-state index in [4.69, 9.17) is 28.8 Å². The summed E-state index contributed by atoms with van der Waals surface area (Å²) in [5.74, 6) is -1.18. The lowest BCUT2D eigenvalue weighted by atomic mass is 10.0. The highest BCUT2D eigenvalue weighted by Crippen LogP contribution is 2.26. The molecule has 0 radical (unpaired) electrons. The van der Waals surface area contributed by atoms with Gasteiger partial charge in [-0.2, -0.15) is 0 Å². The molecule has 2 heterocycles. The van der Waals surface area contributed by atoms with Crippen LogP contribution in [0.3, 0.4) is 0 Å². The molecule has 4 N–H and O–H groups in total. The van der Waals surface area contributed by atoms with Crippen molar-refractivity contribution in [2.75, 3.05) is 0 Å². The molecule has 2 aliphatic heterocycles. The fourth-order valence-electron chi connectivity index (χ4n) is 4.49. The molecule has 11 heteroatoms. The monoisotopic (exact) mass is 534 g/mol. The second kappa shape index (κ2) is 15.9. The van der Waals surface area contributed by atoms with Crippen molar-refractivity contribution >= 4 is 11.9 Å². The standard InChI is InChI=1S/C26H46O11/c1-15(9-5-7-11-23(30)31)34-26-21(29)14-22(18(4)36-26)37-24(32)12-8-6-10-16(2)33-25-20(28)13-19(27)17(3)35-25/h15-22,25-29H,5-14H2,1-4H3,(H,30,31)/t15-,16-,17+,18+,19-,20-,21-,22-,25-,26-/m1/s1. The van der Waals surface area contributed by atoms with Crippen molar-refractivity contribution in [1.82, 2.24) is 0 Å². The maximum atomic E-state index is 12.3. The Morgan fingerprint density at radius 3 is 1.86 bits per heavy atom. The maximum Gasteiger partial charge on any atom is 0.306 e. The number of carbonyl (C=O) groups excluding carboxylic acids is 1. The van der Waals surface area contributed by atoms with Crippen LogP contribution in [0.15, 0.2) is 0 Å². The fraction of sp³-hybridized carbons (Fsp3) is 0.923. The lowest BCUT2D eigenvalue weighted by molar-refractivity contribution is -0.276. The number of hydrogen-bond acceptors (Lipinski definition) is 10. The highest BCUT2D eigenvalue weighted by Gasteiger charge is 2.38. The number of ether oxygens (including phenoxy) is 5. The van der Waals surface area contributed by atoms with E-state index in [0.29, 0.717) is 32.1 Å². The molecule has 0 spiro atoms. The van der Waals surface area contributed by atoms with Crippen molar-refractivity contribution in [3.63, 3.8) is 0 Å². The minimum absolute atomic E-state index is 0.122. The number of aliphatic carboxylic acids is 1. The van der Waals surface area contributed by atoms with Crippen LogP contribution >= 0.6 is 0 Å². The lowest BCUT2D eigenvalue weighted by Gasteiger charge is -2.38. The Morgan fingerprint density at radius 1 is 0.784 bits per heavy atom. The molecule has 0 aromatic rings. The Balaban J connectivity index is 1.61. The first-order chi connectivity index (χ1) is 17.5. The van der Waals surface area contributed by atoms with Crippen LogP contribution in [0.4, 0.5) is 0 Å². The number of unbranched alkanes of at least 4 members (excludes halogenated alkanes) is 2. The smallest absolute Gasteiger partial charge is 0.306 e. The van der Waals surface area contributed by atoms with Gasteiger partial charge >= 0.3 is 11.9 Å². The van der Waals surface area contributed by atoms with Gasteiger partial charge in [-0.05, 0) is 53.4 Å². The van der Waals surface area contributed by atoms with Gasteiger partial charge in [0.1, 0.15) is 18.3 Å². The summed E-state index contributed by atoms with van der Waals surface area (Å²) in [6.07, 6.45) is -1.21. The lowest BCUT2D eigenvalue weighted by Crippen LogP contribution is -2.49. The van der Waals surface area contributed by atoms with Gasteiger partial charge < -0.3 is 44.1 Å². The molecule has 0 unspecified atom stereocenters. The predicted molar refractivity (Wildman–Crippen MR) is 131 cm³/mol. The van der Waals surface area contributed by atoms with Gasteiger partial charge in [-0.15, -0.1) is 0 Å². The zero-order valence-corrected chi connectivity index (χ0v) is 22.5. The SMILES string of the molecule is C[C@H](CCCCC(=O)O[C@@H]1C[C@@H](O)[C@H](O[C@H](C)CCCCC(=O)O)O[C@H]1C)O[C@@H]1O[C@@H](C)[C@H](O)C[C@H]1O.